The molecule has 0 saturated carbocycles. The van der Waals surface area contributed by atoms with Gasteiger partial charge in [-0.1, -0.05) is 34.8 Å². The number of anilines is 1. The van der Waals surface area contributed by atoms with Crippen LogP contribution in [0.25, 0.3) is 0 Å². The van der Waals surface area contributed by atoms with E-state index in [4.69, 9.17) is 44.6 Å². The second kappa shape index (κ2) is 12.3. The Hall–Kier alpha value is -1.77. The van der Waals surface area contributed by atoms with E-state index in [2.05, 4.69) is 15.0 Å². The van der Waals surface area contributed by atoms with Gasteiger partial charge in [-0.05, 0) is 37.1 Å². The Morgan fingerprint density at radius 3 is 2.55 bits per heavy atom. The van der Waals surface area contributed by atoms with Crippen LogP contribution in [0.15, 0.2) is 30.3 Å². The third kappa shape index (κ3) is 6.85. The van der Waals surface area contributed by atoms with Gasteiger partial charge in [0.2, 0.25) is 0 Å². The Balaban J connectivity index is 0.000000785. The van der Waals surface area contributed by atoms with Crippen LogP contribution in [-0.4, -0.2) is 51.2 Å². The van der Waals surface area contributed by atoms with Crippen LogP contribution >= 0.6 is 34.8 Å². The van der Waals surface area contributed by atoms with Gasteiger partial charge in [0.15, 0.2) is 0 Å². The Bertz CT molecular complexity index is 899. The summed E-state index contributed by atoms with van der Waals surface area (Å²) in [7, 11) is 2.86. The van der Waals surface area contributed by atoms with Crippen molar-refractivity contribution in [2.45, 2.75) is 18.9 Å². The van der Waals surface area contributed by atoms with E-state index in [1.807, 2.05) is 12.1 Å². The number of methoxy groups -OCH3 is 1. The lowest BCUT2D eigenvalue weighted by Crippen LogP contribution is -2.34. The molecule has 2 aromatic carbocycles. The minimum atomic E-state index is -0.679. The number of nitrogens with one attached hydrogen (secondary N) is 1. The molecule has 1 saturated heterocycles. The van der Waals surface area contributed by atoms with Crippen molar-refractivity contribution in [2.24, 2.45) is 0 Å². The summed E-state index contributed by atoms with van der Waals surface area (Å²) in [5.74, 6) is -1.01. The molecule has 170 valence electrons. The first kappa shape index (κ1) is 25.5. The molecule has 1 amide bonds. The van der Waals surface area contributed by atoms with Crippen molar-refractivity contribution in [1.29, 1.82) is 0 Å². The largest absolute Gasteiger partial charge is 0.490 e. The summed E-state index contributed by atoms with van der Waals surface area (Å²) in [6.07, 6.45) is 1.93. The fourth-order valence-electron chi connectivity index (χ4n) is 3.15. The summed E-state index contributed by atoms with van der Waals surface area (Å²) in [6, 6.07) is 8.02. The SMILES string of the molecule is CNC(=O)c1cc(Cl)c(OCC2CCCN2c2ccc(Cl)c(Cl)c2)cc1F.COCO. The van der Waals surface area contributed by atoms with Crippen molar-refractivity contribution in [3.05, 3.63) is 56.8 Å². The minimum Gasteiger partial charge on any atom is -0.490 e. The van der Waals surface area contributed by atoms with Gasteiger partial charge in [0.05, 0.1) is 26.7 Å². The Morgan fingerprint density at radius 1 is 1.23 bits per heavy atom. The molecule has 1 aliphatic rings. The highest BCUT2D eigenvalue weighted by molar-refractivity contribution is 6.42. The predicted octanol–water partition coefficient (Wildman–Crippen LogP) is 4.78. The molecule has 0 aliphatic carbocycles. The third-order valence-corrected chi connectivity index (χ3v) is 5.70. The number of ether oxygens (including phenoxy) is 2. The van der Waals surface area contributed by atoms with Crippen molar-refractivity contribution >= 4 is 46.4 Å². The van der Waals surface area contributed by atoms with Gasteiger partial charge in [-0.25, -0.2) is 4.39 Å². The van der Waals surface area contributed by atoms with Crippen molar-refractivity contribution in [3.63, 3.8) is 0 Å². The molecule has 1 aliphatic heterocycles. The van der Waals surface area contributed by atoms with Gasteiger partial charge < -0.3 is 24.8 Å². The molecule has 1 fully saturated rings. The minimum absolute atomic E-state index is 0.0972. The molecule has 0 aromatic heterocycles. The molecule has 0 radical (unpaired) electrons. The molecule has 0 spiro atoms. The standard InChI is InChI=1S/C19H18Cl3FN2O2.C2H6O2/c1-24-19(26)13-8-16(22)18(9-17(13)23)27-10-12-3-2-6-25(12)11-4-5-14(20)15(21)7-11;1-4-2-3/h4-5,7-9,12H,2-3,6,10H2,1H3,(H,24,26);3H,2H2,1H3. The molecule has 1 heterocycles. The monoisotopic (exact) mass is 492 g/mol. The number of hydrogen-bond acceptors (Lipinski definition) is 5. The average Bonchev–Trinajstić information content (AvgIpc) is 3.24. The summed E-state index contributed by atoms with van der Waals surface area (Å²) in [6.45, 7) is 1.02. The second-order valence-electron chi connectivity index (χ2n) is 6.66. The fourth-order valence-corrected chi connectivity index (χ4v) is 3.66. The Labute approximate surface area is 195 Å². The van der Waals surface area contributed by atoms with Crippen molar-refractivity contribution in [1.82, 2.24) is 5.32 Å². The van der Waals surface area contributed by atoms with Crippen LogP contribution in [-0.2, 0) is 4.74 Å². The summed E-state index contributed by atoms with van der Waals surface area (Å²) < 4.78 is 24.0. The Morgan fingerprint density at radius 2 is 1.94 bits per heavy atom. The van der Waals surface area contributed by atoms with Gasteiger partial charge in [-0.15, -0.1) is 0 Å². The zero-order valence-electron chi connectivity index (χ0n) is 17.1. The number of aliphatic hydroxyl groups excluding tert-OH is 1. The summed E-state index contributed by atoms with van der Waals surface area (Å²) in [5.41, 5.74) is 0.843. The lowest BCUT2D eigenvalue weighted by Gasteiger charge is -2.27. The number of amides is 1. The number of carbonyl (C=O) groups is 1. The summed E-state index contributed by atoms with van der Waals surface area (Å²) in [4.78, 5) is 13.8. The quantitative estimate of drug-likeness (QED) is 0.567. The van der Waals surface area contributed by atoms with Crippen LogP contribution in [0.4, 0.5) is 10.1 Å². The van der Waals surface area contributed by atoms with E-state index in [0.29, 0.717) is 16.7 Å². The van der Waals surface area contributed by atoms with Crippen LogP contribution in [0, 0.1) is 5.82 Å². The lowest BCUT2D eigenvalue weighted by atomic mass is 10.2. The number of carbonyl (C=O) groups excluding carboxylic acids is 1. The number of hydrogen-bond donors (Lipinski definition) is 2. The predicted molar refractivity (Wildman–Crippen MR) is 121 cm³/mol. The smallest absolute Gasteiger partial charge is 0.254 e. The highest BCUT2D eigenvalue weighted by Gasteiger charge is 2.26. The van der Waals surface area contributed by atoms with E-state index in [9.17, 15) is 9.18 Å². The van der Waals surface area contributed by atoms with Crippen LogP contribution in [0.2, 0.25) is 15.1 Å². The number of nitrogens with zero attached hydrogens (tertiary/aromatic N) is 1. The molecule has 2 N–H and O–H groups in total. The van der Waals surface area contributed by atoms with Crippen molar-refractivity contribution in [2.75, 3.05) is 39.0 Å². The van der Waals surface area contributed by atoms with E-state index in [1.54, 1.807) is 6.07 Å². The molecule has 1 atom stereocenters. The molecule has 2 aromatic rings. The first-order chi connectivity index (χ1) is 14.8. The van der Waals surface area contributed by atoms with Crippen molar-refractivity contribution < 1.29 is 23.8 Å². The maximum Gasteiger partial charge on any atom is 0.254 e. The normalized spacial score (nSPS) is 15.3. The van der Waals surface area contributed by atoms with Gasteiger partial charge in [0.25, 0.3) is 5.91 Å². The zero-order chi connectivity index (χ0) is 23.0. The lowest BCUT2D eigenvalue weighted by molar-refractivity contribution is 0.0325. The second-order valence-corrected chi connectivity index (χ2v) is 7.88. The molecule has 1 unspecified atom stereocenters. The van der Waals surface area contributed by atoms with Crippen molar-refractivity contribution in [3.8, 4) is 5.75 Å². The van der Waals surface area contributed by atoms with Gasteiger partial charge in [-0.3, -0.25) is 4.79 Å². The number of halogens is 4. The van der Waals surface area contributed by atoms with Crippen LogP contribution in [0.3, 0.4) is 0 Å². The third-order valence-electron chi connectivity index (χ3n) is 4.67. The van der Waals surface area contributed by atoms with E-state index < -0.39 is 11.7 Å². The zero-order valence-corrected chi connectivity index (χ0v) is 19.4. The van der Waals surface area contributed by atoms with Gasteiger partial charge in [0.1, 0.15) is 25.0 Å². The van der Waals surface area contributed by atoms with Gasteiger partial charge in [0, 0.05) is 32.5 Å². The van der Waals surface area contributed by atoms with E-state index in [-0.39, 0.29) is 29.2 Å². The summed E-state index contributed by atoms with van der Waals surface area (Å²) >= 11 is 18.3. The molecule has 10 heteroatoms. The number of rotatable bonds is 6. The van der Waals surface area contributed by atoms with Crippen LogP contribution < -0.4 is 15.0 Å². The van der Waals surface area contributed by atoms with Gasteiger partial charge in [-0.2, -0.15) is 0 Å². The molecule has 3 rings (SSSR count). The maximum absolute atomic E-state index is 14.2. The molecular formula is C21H24Cl3FN2O4. The molecule has 31 heavy (non-hydrogen) atoms. The van der Waals surface area contributed by atoms with Crippen LogP contribution in [0.5, 0.6) is 5.75 Å². The number of benzene rings is 2. The van der Waals surface area contributed by atoms with Crippen LogP contribution in [0.1, 0.15) is 23.2 Å². The fraction of sp³-hybridized carbons (Fsp3) is 0.381. The highest BCUT2D eigenvalue weighted by atomic mass is 35.5. The Kier molecular flexibility index (Phi) is 10.1. The van der Waals surface area contributed by atoms with E-state index >= 15 is 0 Å². The first-order valence-electron chi connectivity index (χ1n) is 9.47. The highest BCUT2D eigenvalue weighted by Crippen LogP contribution is 2.33. The molecular weight excluding hydrogens is 470 g/mol. The molecule has 6 nitrogen and oxygen atoms in total. The first-order valence-corrected chi connectivity index (χ1v) is 10.6. The van der Waals surface area contributed by atoms with E-state index in [1.165, 1.54) is 20.2 Å². The van der Waals surface area contributed by atoms with Gasteiger partial charge >= 0.3 is 0 Å². The molecule has 0 bridgehead atoms. The maximum atomic E-state index is 14.2. The van der Waals surface area contributed by atoms with E-state index in [0.717, 1.165) is 31.1 Å². The summed E-state index contributed by atoms with van der Waals surface area (Å²) in [5, 5.41) is 11.2. The average molecular weight is 494 g/mol. The topological polar surface area (TPSA) is 71.0 Å². The number of aliphatic hydroxyl groups is 1.